The number of hydrogen-bond acceptors (Lipinski definition) is 6. The van der Waals surface area contributed by atoms with Crippen LogP contribution in [0.15, 0.2) is 23.6 Å². The largest absolute Gasteiger partial charge is 0.493 e. The molecule has 0 bridgehead atoms. The molecule has 1 N–H and O–H groups in total. The van der Waals surface area contributed by atoms with E-state index in [-0.39, 0.29) is 12.0 Å². The van der Waals surface area contributed by atoms with Crippen molar-refractivity contribution >= 4 is 27.3 Å². The number of methoxy groups -OCH3 is 1. The van der Waals surface area contributed by atoms with E-state index in [0.29, 0.717) is 39.0 Å². The van der Waals surface area contributed by atoms with E-state index in [4.69, 9.17) is 14.2 Å². The summed E-state index contributed by atoms with van der Waals surface area (Å²) in [5.74, 6) is 0.993. The van der Waals surface area contributed by atoms with E-state index in [1.807, 2.05) is 4.90 Å². The summed E-state index contributed by atoms with van der Waals surface area (Å²) >= 11 is 1.70. The topological polar surface area (TPSA) is 60.0 Å². The molecule has 7 heteroatoms. The van der Waals surface area contributed by atoms with Crippen LogP contribution in [0, 0.1) is 0 Å². The maximum absolute atomic E-state index is 13.0. The smallest absolute Gasteiger partial charge is 0.253 e. The summed E-state index contributed by atoms with van der Waals surface area (Å²) in [6, 6.07) is 6.71. The Balaban J connectivity index is 1.51. The third kappa shape index (κ3) is 4.66. The zero-order valence-corrected chi connectivity index (χ0v) is 17.1. The molecule has 152 valence electrons. The van der Waals surface area contributed by atoms with Crippen molar-refractivity contribution in [1.29, 1.82) is 0 Å². The lowest BCUT2D eigenvalue weighted by molar-refractivity contribution is -0.146. The van der Waals surface area contributed by atoms with Crippen molar-refractivity contribution in [1.82, 2.24) is 10.2 Å². The molecule has 1 aliphatic heterocycles. The molecular formula is C21H28N2O4S. The fraction of sp³-hybridized carbons (Fsp3) is 0.571. The van der Waals surface area contributed by atoms with E-state index in [9.17, 15) is 4.79 Å². The molecule has 1 aromatic carbocycles. The number of thiophene rings is 1. The van der Waals surface area contributed by atoms with E-state index >= 15 is 0 Å². The van der Waals surface area contributed by atoms with Crippen LogP contribution in [0.3, 0.4) is 0 Å². The highest BCUT2D eigenvalue weighted by Crippen LogP contribution is 2.34. The Morgan fingerprint density at radius 2 is 2.25 bits per heavy atom. The number of carbonyl (C=O) groups excluding carboxylic acids is 1. The summed E-state index contributed by atoms with van der Waals surface area (Å²) in [6.45, 7) is 3.91. The highest BCUT2D eigenvalue weighted by molar-refractivity contribution is 7.17. The lowest BCUT2D eigenvalue weighted by Crippen LogP contribution is -2.49. The van der Waals surface area contributed by atoms with E-state index in [2.05, 4.69) is 28.9 Å². The number of hydrogen-bond donors (Lipinski definition) is 1. The average molecular weight is 405 g/mol. The van der Waals surface area contributed by atoms with Gasteiger partial charge in [-0.3, -0.25) is 4.79 Å². The van der Waals surface area contributed by atoms with E-state index in [1.54, 1.807) is 18.4 Å². The van der Waals surface area contributed by atoms with Crippen LogP contribution in [-0.4, -0.2) is 63.0 Å². The Labute approximate surface area is 169 Å². The molecule has 4 rings (SSSR count). The van der Waals surface area contributed by atoms with Gasteiger partial charge in [0.25, 0.3) is 5.91 Å². The van der Waals surface area contributed by atoms with Crippen molar-refractivity contribution in [3.63, 3.8) is 0 Å². The first-order chi connectivity index (χ1) is 13.8. The summed E-state index contributed by atoms with van der Waals surface area (Å²) in [7, 11) is 1.70. The Kier molecular flexibility index (Phi) is 6.47. The second-order valence-electron chi connectivity index (χ2n) is 7.38. The van der Waals surface area contributed by atoms with Crippen LogP contribution in [0.25, 0.3) is 10.1 Å². The van der Waals surface area contributed by atoms with Gasteiger partial charge in [-0.15, -0.1) is 11.3 Å². The van der Waals surface area contributed by atoms with Gasteiger partial charge >= 0.3 is 0 Å². The van der Waals surface area contributed by atoms with Crippen LogP contribution in [0.1, 0.15) is 24.8 Å². The molecule has 1 atom stereocenters. The molecular weight excluding hydrogens is 376 g/mol. The predicted octanol–water partition coefficient (Wildman–Crippen LogP) is 2.80. The number of ether oxygens (including phenoxy) is 3. The fourth-order valence-electron chi connectivity index (χ4n) is 3.57. The number of nitrogens with one attached hydrogen (secondary N) is 1. The molecule has 0 radical (unpaired) electrons. The van der Waals surface area contributed by atoms with Crippen molar-refractivity contribution < 1.29 is 19.0 Å². The number of benzene rings is 1. The van der Waals surface area contributed by atoms with Crippen molar-refractivity contribution in [2.45, 2.75) is 38.0 Å². The summed E-state index contributed by atoms with van der Waals surface area (Å²) in [5, 5.41) is 6.48. The molecule has 2 aliphatic rings. The first kappa shape index (κ1) is 19.6. The first-order valence-electron chi connectivity index (χ1n) is 10.0. The van der Waals surface area contributed by atoms with Crippen LogP contribution in [-0.2, 0) is 20.8 Å². The molecule has 1 aliphatic carbocycles. The molecule has 28 heavy (non-hydrogen) atoms. The Bertz CT molecular complexity index is 799. The monoisotopic (exact) mass is 404 g/mol. The van der Waals surface area contributed by atoms with Gasteiger partial charge in [0.15, 0.2) is 0 Å². The third-order valence-corrected chi connectivity index (χ3v) is 6.03. The normalized spacial score (nSPS) is 19.7. The number of rotatable bonds is 9. The molecule has 1 saturated heterocycles. The van der Waals surface area contributed by atoms with Crippen LogP contribution in [0.5, 0.6) is 5.75 Å². The van der Waals surface area contributed by atoms with Gasteiger partial charge in [0.05, 0.1) is 13.2 Å². The lowest BCUT2D eigenvalue weighted by atomic mass is 10.1. The van der Waals surface area contributed by atoms with Crippen LogP contribution in [0.2, 0.25) is 0 Å². The average Bonchev–Trinajstić information content (AvgIpc) is 3.46. The predicted molar refractivity (Wildman–Crippen MR) is 110 cm³/mol. The minimum atomic E-state index is -0.371. The van der Waals surface area contributed by atoms with Gasteiger partial charge in [-0.2, -0.15) is 0 Å². The maximum atomic E-state index is 13.0. The number of amides is 1. The molecule has 2 heterocycles. The van der Waals surface area contributed by atoms with Gasteiger partial charge < -0.3 is 24.4 Å². The fourth-order valence-corrected chi connectivity index (χ4v) is 4.43. The van der Waals surface area contributed by atoms with Gasteiger partial charge in [0.2, 0.25) is 0 Å². The maximum Gasteiger partial charge on any atom is 0.253 e. The van der Waals surface area contributed by atoms with Crippen LogP contribution in [0.4, 0.5) is 0 Å². The number of nitrogens with zero attached hydrogens (tertiary/aromatic N) is 1. The van der Waals surface area contributed by atoms with E-state index in [0.717, 1.165) is 42.5 Å². The standard InChI is InChI=1S/C21H28N2O4S/c1-25-7-2-8-26-18-11-15(12-20-17(18)5-10-28-20)14-23(16-3-4-16)21(24)19-13-22-6-9-27-19/h5,10-12,16,19,22H,2-4,6-9,13-14H2,1H3/t19-/m1/s1. The van der Waals surface area contributed by atoms with Gasteiger partial charge in [-0.1, -0.05) is 0 Å². The Morgan fingerprint density at radius 1 is 1.36 bits per heavy atom. The van der Waals surface area contributed by atoms with Gasteiger partial charge in [0, 0.05) is 55.9 Å². The van der Waals surface area contributed by atoms with Crippen molar-refractivity contribution in [2.24, 2.45) is 0 Å². The summed E-state index contributed by atoms with van der Waals surface area (Å²) in [6.07, 6.45) is 2.64. The first-order valence-corrected chi connectivity index (χ1v) is 10.9. The summed E-state index contributed by atoms with van der Waals surface area (Å²) < 4.78 is 18.0. The van der Waals surface area contributed by atoms with Crippen molar-refractivity contribution in [3.8, 4) is 5.75 Å². The van der Waals surface area contributed by atoms with Crippen molar-refractivity contribution in [3.05, 3.63) is 29.1 Å². The summed E-state index contributed by atoms with van der Waals surface area (Å²) in [5.41, 5.74) is 1.11. The summed E-state index contributed by atoms with van der Waals surface area (Å²) in [4.78, 5) is 15.0. The van der Waals surface area contributed by atoms with Crippen LogP contribution >= 0.6 is 11.3 Å². The molecule has 1 aromatic heterocycles. The van der Waals surface area contributed by atoms with Gasteiger partial charge in [-0.05, 0) is 42.0 Å². The molecule has 2 aromatic rings. The van der Waals surface area contributed by atoms with Crippen LogP contribution < -0.4 is 10.1 Å². The molecule has 1 amide bonds. The SMILES string of the molecule is COCCCOc1cc(CN(C(=O)[C@H]2CNCCO2)C2CC2)cc2sccc12. The molecule has 0 unspecified atom stereocenters. The van der Waals surface area contributed by atoms with E-state index < -0.39 is 0 Å². The molecule has 0 spiro atoms. The Morgan fingerprint density at radius 3 is 3.00 bits per heavy atom. The minimum Gasteiger partial charge on any atom is -0.493 e. The third-order valence-electron chi connectivity index (χ3n) is 5.17. The number of morpholine rings is 1. The second kappa shape index (κ2) is 9.22. The number of fused-ring (bicyclic) bond motifs is 1. The van der Waals surface area contributed by atoms with Gasteiger partial charge in [-0.25, -0.2) is 0 Å². The van der Waals surface area contributed by atoms with Crippen molar-refractivity contribution in [2.75, 3.05) is 40.0 Å². The lowest BCUT2D eigenvalue weighted by Gasteiger charge is -2.30. The molecule has 2 fully saturated rings. The molecule has 6 nitrogen and oxygen atoms in total. The zero-order valence-electron chi connectivity index (χ0n) is 16.3. The van der Waals surface area contributed by atoms with E-state index in [1.165, 1.54) is 4.70 Å². The highest BCUT2D eigenvalue weighted by atomic mass is 32.1. The zero-order chi connectivity index (χ0) is 19.3. The second-order valence-corrected chi connectivity index (χ2v) is 8.33. The highest BCUT2D eigenvalue weighted by Gasteiger charge is 2.36. The Hall–Kier alpha value is -1.67. The minimum absolute atomic E-state index is 0.100. The quantitative estimate of drug-likeness (QED) is 0.652. The molecule has 1 saturated carbocycles. The van der Waals surface area contributed by atoms with Gasteiger partial charge in [0.1, 0.15) is 11.9 Å². The number of carbonyl (C=O) groups is 1.